The van der Waals surface area contributed by atoms with E-state index in [9.17, 15) is 9.90 Å². The van der Waals surface area contributed by atoms with Gasteiger partial charge in [0.25, 0.3) is 0 Å². The first-order valence-corrected chi connectivity index (χ1v) is 5.45. The zero-order valence-corrected chi connectivity index (χ0v) is 10.7. The number of hydrogen-bond acceptors (Lipinski definition) is 6. The highest BCUT2D eigenvalue weighted by molar-refractivity contribution is 5.66. The molecule has 0 fully saturated rings. The highest BCUT2D eigenvalue weighted by atomic mass is 16.5. The second-order valence-corrected chi connectivity index (χ2v) is 3.61. The molecule has 1 N–H and O–H groups in total. The van der Waals surface area contributed by atoms with Crippen LogP contribution in [0.4, 0.5) is 0 Å². The molecule has 1 atom stereocenters. The van der Waals surface area contributed by atoms with E-state index in [0.717, 1.165) is 0 Å². The Morgan fingerprint density at radius 2 is 2.17 bits per heavy atom. The largest absolute Gasteiger partial charge is 0.493 e. The van der Waals surface area contributed by atoms with Gasteiger partial charge >= 0.3 is 5.97 Å². The summed E-state index contributed by atoms with van der Waals surface area (Å²) in [5.74, 6) is 0.101. The zero-order chi connectivity index (χ0) is 13.5. The number of aromatic nitrogens is 1. The molecule has 6 nitrogen and oxygen atoms in total. The van der Waals surface area contributed by atoms with E-state index in [1.54, 1.807) is 12.3 Å². The number of rotatable bonds is 6. The van der Waals surface area contributed by atoms with Gasteiger partial charge in [-0.15, -0.1) is 0 Å². The molecule has 0 aliphatic rings. The van der Waals surface area contributed by atoms with Gasteiger partial charge in [0.1, 0.15) is 6.61 Å². The molecule has 0 aliphatic carbocycles. The van der Waals surface area contributed by atoms with Crippen LogP contribution in [0.2, 0.25) is 0 Å². The summed E-state index contributed by atoms with van der Waals surface area (Å²) < 4.78 is 15.2. The Labute approximate surface area is 106 Å². The third-order valence-electron chi connectivity index (χ3n) is 2.41. The van der Waals surface area contributed by atoms with E-state index in [4.69, 9.17) is 14.2 Å². The topological polar surface area (TPSA) is 77.9 Å². The summed E-state index contributed by atoms with van der Waals surface area (Å²) in [4.78, 5) is 14.9. The smallest absolute Gasteiger partial charge is 0.302 e. The third-order valence-corrected chi connectivity index (χ3v) is 2.41. The maximum atomic E-state index is 10.8. The highest BCUT2D eigenvalue weighted by Gasteiger charge is 2.21. The molecule has 0 amide bonds. The molecule has 0 spiro atoms. The summed E-state index contributed by atoms with van der Waals surface area (Å²) >= 11 is 0. The molecule has 100 valence electrons. The van der Waals surface area contributed by atoms with E-state index in [-0.39, 0.29) is 13.2 Å². The monoisotopic (exact) mass is 255 g/mol. The van der Waals surface area contributed by atoms with Gasteiger partial charge in [-0.1, -0.05) is 0 Å². The predicted molar refractivity (Wildman–Crippen MR) is 63.8 cm³/mol. The molecule has 0 radical (unpaired) electrons. The maximum absolute atomic E-state index is 10.8. The molecule has 0 aliphatic heterocycles. The van der Waals surface area contributed by atoms with E-state index < -0.39 is 11.9 Å². The van der Waals surface area contributed by atoms with Crippen LogP contribution < -0.4 is 9.47 Å². The number of nitrogens with zero attached hydrogens (tertiary/aromatic N) is 1. The van der Waals surface area contributed by atoms with Crippen molar-refractivity contribution in [3.05, 3.63) is 18.0 Å². The lowest BCUT2D eigenvalue weighted by Crippen LogP contribution is -2.16. The summed E-state index contributed by atoms with van der Waals surface area (Å²) in [6, 6.07) is 1.66. The Bertz CT molecular complexity index is 407. The SMILES string of the molecule is COc1ccnc([C@H](CO)COC(C)=O)c1OC. The minimum absolute atomic E-state index is 0.0440. The number of carbonyl (C=O) groups is 1. The van der Waals surface area contributed by atoms with Gasteiger partial charge in [0.15, 0.2) is 11.5 Å². The molecule has 0 saturated heterocycles. The average Bonchev–Trinajstić information content (AvgIpc) is 2.38. The van der Waals surface area contributed by atoms with Crippen molar-refractivity contribution in [1.29, 1.82) is 0 Å². The maximum Gasteiger partial charge on any atom is 0.302 e. The normalized spacial score (nSPS) is 11.8. The minimum Gasteiger partial charge on any atom is -0.493 e. The fraction of sp³-hybridized carbons (Fsp3) is 0.500. The second-order valence-electron chi connectivity index (χ2n) is 3.61. The van der Waals surface area contributed by atoms with Crippen molar-refractivity contribution >= 4 is 5.97 Å². The Morgan fingerprint density at radius 3 is 2.67 bits per heavy atom. The highest BCUT2D eigenvalue weighted by Crippen LogP contribution is 2.33. The van der Waals surface area contributed by atoms with E-state index >= 15 is 0 Å². The summed E-state index contributed by atoms with van der Waals surface area (Å²) in [5.41, 5.74) is 0.501. The summed E-state index contributed by atoms with van der Waals surface area (Å²) in [6.45, 7) is 1.15. The first-order valence-electron chi connectivity index (χ1n) is 5.45. The number of aliphatic hydroxyl groups is 1. The molecule has 0 bridgehead atoms. The van der Waals surface area contributed by atoms with E-state index in [2.05, 4.69) is 4.98 Å². The first kappa shape index (κ1) is 14.2. The molecule has 0 unspecified atom stereocenters. The lowest BCUT2D eigenvalue weighted by atomic mass is 10.1. The van der Waals surface area contributed by atoms with Crippen molar-refractivity contribution in [3.63, 3.8) is 0 Å². The van der Waals surface area contributed by atoms with Crippen LogP contribution in [-0.4, -0.2) is 43.5 Å². The Hall–Kier alpha value is -1.82. The van der Waals surface area contributed by atoms with E-state index in [1.165, 1.54) is 21.1 Å². The molecule has 1 rings (SSSR count). The fourth-order valence-corrected chi connectivity index (χ4v) is 1.54. The Morgan fingerprint density at radius 1 is 1.44 bits per heavy atom. The fourth-order valence-electron chi connectivity index (χ4n) is 1.54. The number of carbonyl (C=O) groups excluding carboxylic acids is 1. The standard InChI is InChI=1S/C12H17NO5/c1-8(15)18-7-9(6-14)11-12(17-3)10(16-2)4-5-13-11/h4-5,9,14H,6-7H2,1-3H3/t9-/m1/s1. The van der Waals surface area contributed by atoms with Gasteiger partial charge in [0, 0.05) is 19.2 Å². The van der Waals surface area contributed by atoms with Crippen molar-refractivity contribution in [2.24, 2.45) is 0 Å². The minimum atomic E-state index is -0.445. The van der Waals surface area contributed by atoms with Crippen molar-refractivity contribution in [1.82, 2.24) is 4.98 Å². The van der Waals surface area contributed by atoms with Crippen LogP contribution in [0.15, 0.2) is 12.3 Å². The van der Waals surface area contributed by atoms with Crippen molar-refractivity contribution < 1.29 is 24.1 Å². The number of aliphatic hydroxyl groups excluding tert-OH is 1. The van der Waals surface area contributed by atoms with Crippen LogP contribution in [0.3, 0.4) is 0 Å². The number of esters is 1. The number of hydrogen-bond donors (Lipinski definition) is 1. The Kier molecular flexibility index (Phi) is 5.38. The van der Waals surface area contributed by atoms with E-state index in [0.29, 0.717) is 17.2 Å². The van der Waals surface area contributed by atoms with Crippen LogP contribution in [0.5, 0.6) is 11.5 Å². The second kappa shape index (κ2) is 6.80. The van der Waals surface area contributed by atoms with Crippen LogP contribution >= 0.6 is 0 Å². The van der Waals surface area contributed by atoms with Gasteiger partial charge in [-0.25, -0.2) is 0 Å². The average molecular weight is 255 g/mol. The third kappa shape index (κ3) is 3.33. The zero-order valence-electron chi connectivity index (χ0n) is 10.7. The van der Waals surface area contributed by atoms with E-state index in [1.807, 2.05) is 0 Å². The van der Waals surface area contributed by atoms with Crippen molar-refractivity contribution in [3.8, 4) is 11.5 Å². The summed E-state index contributed by atoms with van der Waals surface area (Å²) in [7, 11) is 3.00. The molecular weight excluding hydrogens is 238 g/mol. The first-order chi connectivity index (χ1) is 8.63. The summed E-state index contributed by atoms with van der Waals surface area (Å²) in [6.07, 6.45) is 1.55. The molecular formula is C12H17NO5. The van der Waals surface area contributed by atoms with Crippen LogP contribution in [0.1, 0.15) is 18.5 Å². The molecule has 1 aromatic rings. The van der Waals surface area contributed by atoms with Gasteiger partial charge in [0.05, 0.1) is 32.4 Å². The van der Waals surface area contributed by atoms with Crippen LogP contribution in [0, 0.1) is 0 Å². The van der Waals surface area contributed by atoms with Crippen LogP contribution in [0.25, 0.3) is 0 Å². The van der Waals surface area contributed by atoms with Gasteiger partial charge in [-0.3, -0.25) is 9.78 Å². The van der Waals surface area contributed by atoms with Gasteiger partial charge in [-0.2, -0.15) is 0 Å². The summed E-state index contributed by atoms with van der Waals surface area (Å²) in [5, 5.41) is 9.35. The number of ether oxygens (including phenoxy) is 3. The molecule has 1 aromatic heterocycles. The molecule has 0 aromatic carbocycles. The molecule has 18 heavy (non-hydrogen) atoms. The molecule has 6 heteroatoms. The predicted octanol–water partition coefficient (Wildman–Crippen LogP) is 0.738. The van der Waals surface area contributed by atoms with Crippen molar-refractivity contribution in [2.45, 2.75) is 12.8 Å². The van der Waals surface area contributed by atoms with Gasteiger partial charge in [-0.05, 0) is 0 Å². The quantitative estimate of drug-likeness (QED) is 0.755. The number of methoxy groups -OCH3 is 2. The molecule has 0 saturated carbocycles. The van der Waals surface area contributed by atoms with Crippen LogP contribution in [-0.2, 0) is 9.53 Å². The lowest BCUT2D eigenvalue weighted by Gasteiger charge is -2.17. The van der Waals surface area contributed by atoms with Gasteiger partial charge in [0.2, 0.25) is 0 Å². The lowest BCUT2D eigenvalue weighted by molar-refractivity contribution is -0.141. The Balaban J connectivity index is 3.00. The number of pyridine rings is 1. The molecule has 1 heterocycles. The van der Waals surface area contributed by atoms with Gasteiger partial charge < -0.3 is 19.3 Å². The van der Waals surface area contributed by atoms with Crippen molar-refractivity contribution in [2.75, 3.05) is 27.4 Å².